The summed E-state index contributed by atoms with van der Waals surface area (Å²) in [7, 11) is 1.35. The number of rotatable bonds is 6. The summed E-state index contributed by atoms with van der Waals surface area (Å²) < 4.78 is 5.09. The molecule has 2 aliphatic carbocycles. The van der Waals surface area contributed by atoms with Gasteiger partial charge in [-0.2, -0.15) is 0 Å². The highest BCUT2D eigenvalue weighted by Crippen LogP contribution is 2.56. The van der Waals surface area contributed by atoms with Gasteiger partial charge >= 0.3 is 0 Å². The molecule has 0 unspecified atom stereocenters. The van der Waals surface area contributed by atoms with Crippen LogP contribution in [-0.4, -0.2) is 41.2 Å². The summed E-state index contributed by atoms with van der Waals surface area (Å²) in [5, 5.41) is 13.5. The van der Waals surface area contributed by atoms with Crippen LogP contribution in [0, 0.1) is 33.8 Å². The van der Waals surface area contributed by atoms with E-state index in [1.54, 1.807) is 0 Å². The van der Waals surface area contributed by atoms with Crippen molar-refractivity contribution >= 4 is 29.1 Å². The molecule has 2 saturated carbocycles. The zero-order valence-electron chi connectivity index (χ0n) is 15.4. The van der Waals surface area contributed by atoms with Crippen molar-refractivity contribution in [1.29, 1.82) is 0 Å². The molecule has 1 heterocycles. The predicted molar refractivity (Wildman–Crippen MR) is 97.4 cm³/mol. The largest absolute Gasteiger partial charge is 0.494 e. The topological polar surface area (TPSA) is 119 Å². The molecule has 3 amide bonds. The van der Waals surface area contributed by atoms with Gasteiger partial charge in [0.15, 0.2) is 0 Å². The Kier molecular flexibility index (Phi) is 4.52. The molecule has 1 saturated heterocycles. The molecule has 1 N–H and O–H groups in total. The lowest BCUT2D eigenvalue weighted by molar-refractivity contribution is -0.384. The molecule has 4 rings (SSSR count). The van der Waals surface area contributed by atoms with Crippen molar-refractivity contribution in [3.63, 3.8) is 0 Å². The normalized spacial score (nSPS) is 27.8. The first-order valence-corrected chi connectivity index (χ1v) is 9.38. The standard InChI is InChI=1S/C19H21N3O6/c1-28-14-9-12(22(26)27)4-5-13(14)20-15(23)6-7-21-18(24)16-10-2-3-11(8-10)17(16)19(21)25/h4-5,9-11,16-17H,2-3,6-8H2,1H3,(H,20,23)/t10-,11-,16-,17-/m0/s1. The maximum absolute atomic E-state index is 12.6. The summed E-state index contributed by atoms with van der Waals surface area (Å²) in [5.41, 5.74) is 0.149. The number of nitrogens with one attached hydrogen (secondary N) is 1. The average Bonchev–Trinajstić information content (AvgIpc) is 3.35. The Bertz CT molecular complexity index is 841. The van der Waals surface area contributed by atoms with Crippen LogP contribution in [0.5, 0.6) is 5.75 Å². The molecule has 0 aromatic heterocycles. The molecule has 1 aromatic carbocycles. The van der Waals surface area contributed by atoms with Gasteiger partial charge in [0, 0.05) is 19.0 Å². The minimum atomic E-state index is -0.553. The first kappa shape index (κ1) is 18.4. The van der Waals surface area contributed by atoms with Crippen molar-refractivity contribution < 1.29 is 24.0 Å². The number of ether oxygens (including phenoxy) is 1. The highest BCUT2D eigenvalue weighted by molar-refractivity contribution is 6.06. The molecule has 1 aliphatic heterocycles. The molecule has 2 bridgehead atoms. The van der Waals surface area contributed by atoms with Crippen LogP contribution >= 0.6 is 0 Å². The summed E-state index contributed by atoms with van der Waals surface area (Å²) in [6, 6.07) is 3.88. The van der Waals surface area contributed by atoms with Crippen molar-refractivity contribution in [2.24, 2.45) is 23.7 Å². The average molecular weight is 387 g/mol. The summed E-state index contributed by atoms with van der Waals surface area (Å²) >= 11 is 0. The lowest BCUT2D eigenvalue weighted by Gasteiger charge is -2.19. The zero-order valence-corrected chi connectivity index (χ0v) is 15.4. The molecular weight excluding hydrogens is 366 g/mol. The van der Waals surface area contributed by atoms with Crippen LogP contribution in [-0.2, 0) is 14.4 Å². The van der Waals surface area contributed by atoms with E-state index in [0.29, 0.717) is 17.5 Å². The Balaban J connectivity index is 1.38. The van der Waals surface area contributed by atoms with Crippen molar-refractivity contribution in [2.75, 3.05) is 19.0 Å². The van der Waals surface area contributed by atoms with Crippen LogP contribution in [0.15, 0.2) is 18.2 Å². The van der Waals surface area contributed by atoms with Gasteiger partial charge in [0.05, 0.1) is 35.6 Å². The van der Waals surface area contributed by atoms with Gasteiger partial charge in [-0.25, -0.2) is 0 Å². The van der Waals surface area contributed by atoms with Crippen molar-refractivity contribution in [3.05, 3.63) is 28.3 Å². The SMILES string of the molecule is COc1cc([N+](=O)[O-])ccc1NC(=O)CCN1C(=O)[C@H]2[C@H]3CC[C@@H](C3)[C@@H]2C1=O. The fraction of sp³-hybridized carbons (Fsp3) is 0.526. The highest BCUT2D eigenvalue weighted by Gasteiger charge is 2.60. The van der Waals surface area contributed by atoms with E-state index in [1.165, 1.54) is 30.2 Å². The number of hydrogen-bond acceptors (Lipinski definition) is 6. The van der Waals surface area contributed by atoms with Gasteiger partial charge in [0.1, 0.15) is 5.75 Å². The first-order chi connectivity index (χ1) is 13.4. The number of carbonyl (C=O) groups excluding carboxylic acids is 3. The monoisotopic (exact) mass is 387 g/mol. The minimum absolute atomic E-state index is 0.0353. The highest BCUT2D eigenvalue weighted by atomic mass is 16.6. The second kappa shape index (κ2) is 6.88. The molecule has 0 radical (unpaired) electrons. The number of imide groups is 1. The van der Waals surface area contributed by atoms with E-state index >= 15 is 0 Å². The second-order valence-corrected chi connectivity index (χ2v) is 7.65. The second-order valence-electron chi connectivity index (χ2n) is 7.65. The van der Waals surface area contributed by atoms with Crippen LogP contribution in [0.1, 0.15) is 25.7 Å². The van der Waals surface area contributed by atoms with Gasteiger partial charge in [-0.15, -0.1) is 0 Å². The number of amides is 3. The Labute approximate surface area is 161 Å². The number of hydrogen-bond donors (Lipinski definition) is 1. The van der Waals surface area contributed by atoms with Gasteiger partial charge in [-0.1, -0.05) is 0 Å². The number of methoxy groups -OCH3 is 1. The summed E-state index contributed by atoms with van der Waals surface area (Å²) in [6.45, 7) is 0.0469. The molecular formula is C19H21N3O6. The Morgan fingerprint density at radius 1 is 1.25 bits per heavy atom. The summed E-state index contributed by atoms with van der Waals surface area (Å²) in [4.78, 5) is 49.1. The molecule has 9 nitrogen and oxygen atoms in total. The molecule has 148 valence electrons. The van der Waals surface area contributed by atoms with Gasteiger partial charge in [-0.3, -0.25) is 29.4 Å². The Morgan fingerprint density at radius 3 is 2.46 bits per heavy atom. The van der Waals surface area contributed by atoms with Crippen molar-refractivity contribution in [3.8, 4) is 5.75 Å². The van der Waals surface area contributed by atoms with Gasteiger partial charge < -0.3 is 10.1 Å². The summed E-state index contributed by atoms with van der Waals surface area (Å²) in [5.74, 6) is -0.252. The number of likely N-dealkylation sites (tertiary alicyclic amines) is 1. The smallest absolute Gasteiger partial charge is 0.273 e. The summed E-state index contributed by atoms with van der Waals surface area (Å²) in [6.07, 6.45) is 2.96. The van der Waals surface area contributed by atoms with E-state index in [4.69, 9.17) is 4.74 Å². The van der Waals surface area contributed by atoms with E-state index in [1.807, 2.05) is 0 Å². The number of carbonyl (C=O) groups is 3. The minimum Gasteiger partial charge on any atom is -0.494 e. The number of benzene rings is 1. The molecule has 0 spiro atoms. The van der Waals surface area contributed by atoms with E-state index in [-0.39, 0.29) is 48.1 Å². The van der Waals surface area contributed by atoms with Crippen LogP contribution < -0.4 is 10.1 Å². The fourth-order valence-electron chi connectivity index (χ4n) is 5.01. The quantitative estimate of drug-likeness (QED) is 0.453. The number of anilines is 1. The lowest BCUT2D eigenvalue weighted by Crippen LogP contribution is -2.35. The maximum Gasteiger partial charge on any atom is 0.273 e. The number of non-ortho nitro benzene ring substituents is 1. The Hall–Kier alpha value is -2.97. The van der Waals surface area contributed by atoms with Crippen LogP contribution in [0.3, 0.4) is 0 Å². The lowest BCUT2D eigenvalue weighted by atomic mass is 9.81. The van der Waals surface area contributed by atoms with Crippen LogP contribution in [0.4, 0.5) is 11.4 Å². The zero-order chi connectivity index (χ0) is 20.0. The third kappa shape index (κ3) is 2.90. The van der Waals surface area contributed by atoms with Crippen LogP contribution in [0.2, 0.25) is 0 Å². The third-order valence-corrected chi connectivity index (χ3v) is 6.25. The van der Waals surface area contributed by atoms with Gasteiger partial charge in [0.2, 0.25) is 17.7 Å². The molecule has 28 heavy (non-hydrogen) atoms. The van der Waals surface area contributed by atoms with E-state index in [0.717, 1.165) is 19.3 Å². The third-order valence-electron chi connectivity index (χ3n) is 6.25. The molecule has 9 heteroatoms. The number of nitrogens with zero attached hydrogens (tertiary/aromatic N) is 2. The maximum atomic E-state index is 12.6. The fourth-order valence-corrected chi connectivity index (χ4v) is 5.01. The predicted octanol–water partition coefficient (Wildman–Crippen LogP) is 1.96. The van der Waals surface area contributed by atoms with Crippen LogP contribution in [0.25, 0.3) is 0 Å². The number of fused-ring (bicyclic) bond motifs is 5. The molecule has 3 aliphatic rings. The number of nitro benzene ring substituents is 1. The number of nitro groups is 1. The van der Waals surface area contributed by atoms with Crippen molar-refractivity contribution in [1.82, 2.24) is 4.90 Å². The van der Waals surface area contributed by atoms with E-state index < -0.39 is 10.8 Å². The van der Waals surface area contributed by atoms with E-state index in [9.17, 15) is 24.5 Å². The van der Waals surface area contributed by atoms with Gasteiger partial charge in [0.25, 0.3) is 5.69 Å². The molecule has 4 atom stereocenters. The Morgan fingerprint density at radius 2 is 1.89 bits per heavy atom. The van der Waals surface area contributed by atoms with Crippen molar-refractivity contribution in [2.45, 2.75) is 25.7 Å². The molecule has 3 fully saturated rings. The van der Waals surface area contributed by atoms with E-state index in [2.05, 4.69) is 5.32 Å². The molecule has 1 aromatic rings. The van der Waals surface area contributed by atoms with Gasteiger partial charge in [-0.05, 0) is 37.2 Å². The first-order valence-electron chi connectivity index (χ1n) is 9.38.